The lowest BCUT2D eigenvalue weighted by atomic mass is 9.83. The molecule has 26 heavy (non-hydrogen) atoms. The number of aryl methyl sites for hydroxylation is 2. The molecule has 0 heterocycles. The van der Waals surface area contributed by atoms with Crippen molar-refractivity contribution in [2.75, 3.05) is 22.1 Å². The van der Waals surface area contributed by atoms with Gasteiger partial charge in [0.15, 0.2) is 0 Å². The van der Waals surface area contributed by atoms with E-state index in [0.717, 1.165) is 38.7 Å². The summed E-state index contributed by atoms with van der Waals surface area (Å²) < 4.78 is 9.02. The fourth-order valence-corrected chi connectivity index (χ4v) is 6.39. The molecule has 0 unspecified atom stereocenters. The van der Waals surface area contributed by atoms with E-state index in [4.69, 9.17) is 14.7 Å². The first-order valence-electron chi connectivity index (χ1n) is 8.16. The van der Waals surface area contributed by atoms with Gasteiger partial charge in [0.1, 0.15) is 5.75 Å². The van der Waals surface area contributed by atoms with E-state index in [2.05, 4.69) is 98.9 Å². The highest BCUT2D eigenvalue weighted by atomic mass is 127. The van der Waals surface area contributed by atoms with Crippen LogP contribution in [0.3, 0.4) is 0 Å². The summed E-state index contributed by atoms with van der Waals surface area (Å²) >= 11 is 7.06. The van der Waals surface area contributed by atoms with Crippen LogP contribution in [0.2, 0.25) is 0 Å². The zero-order chi connectivity index (χ0) is 19.7. The van der Waals surface area contributed by atoms with Crippen molar-refractivity contribution in [3.05, 3.63) is 26.8 Å². The molecule has 0 spiro atoms. The van der Waals surface area contributed by atoms with E-state index in [1.165, 1.54) is 9.13 Å². The van der Waals surface area contributed by atoms with Crippen LogP contribution in [0.5, 0.6) is 5.75 Å². The van der Waals surface area contributed by atoms with Gasteiger partial charge in [0, 0.05) is 17.8 Å². The van der Waals surface area contributed by atoms with Crippen molar-refractivity contribution in [3.63, 3.8) is 0 Å². The maximum Gasteiger partial charge on any atom is 0.344 e. The monoisotopic (exact) mass is 699 g/mol. The third-order valence-electron chi connectivity index (χ3n) is 4.18. The Bertz CT molecular complexity index is 646. The number of alkyl halides is 2. The maximum absolute atomic E-state index is 10.6. The van der Waals surface area contributed by atoms with E-state index in [0.29, 0.717) is 6.61 Å². The number of ether oxygens (including phenoxy) is 1. The van der Waals surface area contributed by atoms with Crippen molar-refractivity contribution in [3.8, 4) is 5.75 Å². The predicted molar refractivity (Wildman–Crippen MR) is 130 cm³/mol. The molecule has 0 aliphatic heterocycles. The first kappa shape index (κ1) is 24.2. The number of halogens is 3. The normalized spacial score (nSPS) is 12.2. The van der Waals surface area contributed by atoms with Gasteiger partial charge in [0.2, 0.25) is 6.61 Å². The number of benzene rings is 1. The predicted octanol–water partition coefficient (Wildman–Crippen LogP) is 5.40. The van der Waals surface area contributed by atoms with Gasteiger partial charge in [-0.2, -0.15) is 0 Å². The lowest BCUT2D eigenvalue weighted by Gasteiger charge is -2.29. The summed E-state index contributed by atoms with van der Waals surface area (Å²) in [6.07, 6.45) is 1.80. The molecule has 1 aromatic rings. The molecule has 146 valence electrons. The van der Waals surface area contributed by atoms with Crippen molar-refractivity contribution in [1.29, 1.82) is 0 Å². The molecule has 0 radical (unpaired) electrons. The van der Waals surface area contributed by atoms with Crippen LogP contribution < -0.4 is 4.74 Å². The zero-order valence-electron chi connectivity index (χ0n) is 15.2. The van der Waals surface area contributed by atoms with Crippen LogP contribution in [0.15, 0.2) is 17.3 Å². The fourth-order valence-electron chi connectivity index (χ4n) is 2.33. The number of rotatable bonds is 11. The van der Waals surface area contributed by atoms with Crippen LogP contribution in [0.25, 0.3) is 0 Å². The molecule has 0 amide bonds. The second-order valence-electron chi connectivity index (χ2n) is 6.21. The lowest BCUT2D eigenvalue weighted by Crippen LogP contribution is -2.34. The Hall–Kier alpha value is 0.150. The molecule has 0 aromatic heterocycles. The highest BCUT2D eigenvalue weighted by Gasteiger charge is 2.31. The Balaban J connectivity index is 2.66. The molecule has 0 atom stereocenters. The molecule has 1 N–H and O–H groups in total. The Morgan fingerprint density at radius 1 is 1.23 bits per heavy atom. The minimum Gasteiger partial charge on any atom is -0.493 e. The number of aliphatic carboxylic acids is 1. The van der Waals surface area contributed by atoms with Crippen LogP contribution >= 0.6 is 67.8 Å². The van der Waals surface area contributed by atoms with E-state index >= 15 is 0 Å². The van der Waals surface area contributed by atoms with E-state index in [-0.39, 0.29) is 5.41 Å². The lowest BCUT2D eigenvalue weighted by molar-refractivity contribution is -0.142. The van der Waals surface area contributed by atoms with Gasteiger partial charge in [0.25, 0.3) is 0 Å². The Labute approximate surface area is 196 Å². The summed E-state index contributed by atoms with van der Waals surface area (Å²) in [6, 6.07) is 4.23. The summed E-state index contributed by atoms with van der Waals surface area (Å²) in [5.41, 5.74) is 3.09. The second kappa shape index (κ2) is 11.9. The summed E-state index contributed by atoms with van der Waals surface area (Å²) in [6.45, 7) is 6.28. The first-order valence-corrected chi connectivity index (χ1v) is 12.3. The van der Waals surface area contributed by atoms with Crippen molar-refractivity contribution in [2.24, 2.45) is 10.6 Å². The molecular weight excluding hydrogens is 675 g/mol. The van der Waals surface area contributed by atoms with Gasteiger partial charge in [-0.3, -0.25) is 0 Å². The van der Waals surface area contributed by atoms with Crippen LogP contribution in [0, 0.1) is 22.8 Å². The fraction of sp³-hybridized carbons (Fsp3) is 0.556. The van der Waals surface area contributed by atoms with Gasteiger partial charge in [-0.05, 0) is 79.5 Å². The standard InChI is InChI=1S/C18H24I3NO4/c1-12-8-16(13(2)7-15(12)21)25-6-4-5-18(10-19,11-20)14(3)22-26-9-17(23)24/h7-8H,4-6,9-11H2,1-3H3,(H,23,24). The zero-order valence-corrected chi connectivity index (χ0v) is 21.6. The van der Waals surface area contributed by atoms with E-state index in [1.807, 2.05) is 6.92 Å². The Morgan fingerprint density at radius 3 is 2.46 bits per heavy atom. The van der Waals surface area contributed by atoms with Crippen molar-refractivity contribution >= 4 is 79.5 Å². The van der Waals surface area contributed by atoms with Gasteiger partial charge in [-0.1, -0.05) is 50.3 Å². The van der Waals surface area contributed by atoms with Gasteiger partial charge in [0.05, 0.1) is 12.3 Å². The number of carbonyl (C=O) groups is 1. The minimum atomic E-state index is -1.02. The summed E-state index contributed by atoms with van der Waals surface area (Å²) in [4.78, 5) is 15.5. The molecule has 0 aliphatic rings. The van der Waals surface area contributed by atoms with Crippen LogP contribution in [-0.4, -0.2) is 38.9 Å². The average Bonchev–Trinajstić information content (AvgIpc) is 2.59. The molecule has 8 heteroatoms. The highest BCUT2D eigenvalue weighted by Crippen LogP contribution is 2.32. The van der Waals surface area contributed by atoms with Gasteiger partial charge < -0.3 is 14.7 Å². The third-order valence-corrected chi connectivity index (χ3v) is 8.26. The second-order valence-corrected chi connectivity index (χ2v) is 8.90. The smallest absolute Gasteiger partial charge is 0.344 e. The van der Waals surface area contributed by atoms with Crippen LogP contribution in [0.1, 0.15) is 30.9 Å². The molecule has 0 fully saturated rings. The number of oxime groups is 1. The topological polar surface area (TPSA) is 68.1 Å². The number of carboxylic acid groups (broad SMARTS) is 1. The van der Waals surface area contributed by atoms with Crippen LogP contribution in [0.4, 0.5) is 0 Å². The maximum atomic E-state index is 10.6. The molecule has 5 nitrogen and oxygen atoms in total. The Kier molecular flexibility index (Phi) is 11.0. The molecule has 1 rings (SSSR count). The van der Waals surface area contributed by atoms with E-state index < -0.39 is 12.6 Å². The van der Waals surface area contributed by atoms with E-state index in [1.54, 1.807) is 0 Å². The molecule has 0 saturated heterocycles. The average molecular weight is 699 g/mol. The van der Waals surface area contributed by atoms with Crippen molar-refractivity contribution in [2.45, 2.75) is 33.6 Å². The summed E-state index contributed by atoms with van der Waals surface area (Å²) in [5.74, 6) is -0.0830. The largest absolute Gasteiger partial charge is 0.493 e. The quantitative estimate of drug-likeness (QED) is 0.111. The number of nitrogens with zero attached hydrogens (tertiary/aromatic N) is 1. The Morgan fingerprint density at radius 2 is 1.88 bits per heavy atom. The number of hydrogen-bond donors (Lipinski definition) is 1. The third kappa shape index (κ3) is 7.28. The molecular formula is C18H24I3NO4. The van der Waals surface area contributed by atoms with Crippen molar-refractivity contribution in [1.82, 2.24) is 0 Å². The van der Waals surface area contributed by atoms with Gasteiger partial charge in [-0.15, -0.1) is 0 Å². The summed E-state index contributed by atoms with van der Waals surface area (Å²) in [5, 5.41) is 12.7. The highest BCUT2D eigenvalue weighted by molar-refractivity contribution is 14.1. The molecule has 0 aliphatic carbocycles. The van der Waals surface area contributed by atoms with Gasteiger partial charge in [-0.25, -0.2) is 4.79 Å². The van der Waals surface area contributed by atoms with Gasteiger partial charge >= 0.3 is 5.97 Å². The van der Waals surface area contributed by atoms with Crippen molar-refractivity contribution < 1.29 is 19.5 Å². The summed E-state index contributed by atoms with van der Waals surface area (Å²) in [7, 11) is 0. The minimum absolute atomic E-state index is 0.111. The molecule has 0 saturated carbocycles. The van der Waals surface area contributed by atoms with Crippen LogP contribution in [-0.2, 0) is 9.63 Å². The number of carboxylic acids is 1. The first-order chi connectivity index (χ1) is 12.3. The SMILES string of the molecule is CC(=NOCC(=O)O)C(CI)(CI)CCCOc1cc(C)c(I)cc1C. The number of hydrogen-bond acceptors (Lipinski definition) is 4. The molecule has 1 aromatic carbocycles. The van der Waals surface area contributed by atoms with E-state index in [9.17, 15) is 4.79 Å². The molecule has 0 bridgehead atoms.